The Morgan fingerprint density at radius 3 is 2.68 bits per heavy atom. The van der Waals surface area contributed by atoms with Crippen LogP contribution >= 0.6 is 23.1 Å². The molecule has 0 aliphatic rings. The highest BCUT2D eigenvalue weighted by atomic mass is 32.2. The average molecular weight is 418 g/mol. The number of anilines is 1. The van der Waals surface area contributed by atoms with E-state index in [2.05, 4.69) is 15.5 Å². The molecule has 1 aromatic carbocycles. The lowest BCUT2D eigenvalue weighted by Crippen LogP contribution is -2.16. The topological polar surface area (TPSA) is 94.3 Å². The third kappa shape index (κ3) is 4.79. The molecule has 0 spiro atoms. The van der Waals surface area contributed by atoms with Crippen LogP contribution < -0.4 is 5.32 Å². The number of ether oxygens (including phenoxy) is 1. The molecule has 0 radical (unpaired) electrons. The monoisotopic (exact) mass is 417 g/mol. The maximum absolute atomic E-state index is 12.5. The van der Waals surface area contributed by atoms with Gasteiger partial charge in [-0.3, -0.25) is 4.79 Å². The summed E-state index contributed by atoms with van der Waals surface area (Å²) in [6.45, 7) is 3.91. The average Bonchev–Trinajstić information content (AvgIpc) is 3.34. The summed E-state index contributed by atoms with van der Waals surface area (Å²) in [6, 6.07) is 9.51. The van der Waals surface area contributed by atoms with Crippen LogP contribution in [0.2, 0.25) is 0 Å². The van der Waals surface area contributed by atoms with Crippen molar-refractivity contribution in [1.29, 1.82) is 0 Å². The summed E-state index contributed by atoms with van der Waals surface area (Å²) >= 11 is 2.44. The lowest BCUT2D eigenvalue weighted by Gasteiger charge is -2.08. The number of nitrogens with zero attached hydrogens (tertiary/aromatic N) is 2. The Balaban J connectivity index is 1.76. The van der Waals surface area contributed by atoms with E-state index in [1.54, 1.807) is 6.92 Å². The molecule has 2 aromatic heterocycles. The first-order chi connectivity index (χ1) is 13.6. The zero-order valence-electron chi connectivity index (χ0n) is 15.4. The van der Waals surface area contributed by atoms with Crippen LogP contribution in [0.25, 0.3) is 11.1 Å². The zero-order valence-corrected chi connectivity index (χ0v) is 17.1. The number of benzene rings is 1. The van der Waals surface area contributed by atoms with Crippen LogP contribution in [-0.4, -0.2) is 34.4 Å². The summed E-state index contributed by atoms with van der Waals surface area (Å²) < 4.78 is 10.6. The Kier molecular flexibility index (Phi) is 6.83. The number of thiophene rings is 1. The molecule has 0 fully saturated rings. The van der Waals surface area contributed by atoms with Gasteiger partial charge in [0, 0.05) is 17.4 Å². The molecule has 7 nitrogen and oxygen atoms in total. The van der Waals surface area contributed by atoms with Crippen LogP contribution in [0.4, 0.5) is 5.00 Å². The first-order valence-corrected chi connectivity index (χ1v) is 10.6. The second kappa shape index (κ2) is 9.52. The Bertz CT molecular complexity index is 953. The van der Waals surface area contributed by atoms with E-state index in [0.29, 0.717) is 28.1 Å². The van der Waals surface area contributed by atoms with Gasteiger partial charge >= 0.3 is 5.97 Å². The van der Waals surface area contributed by atoms with E-state index in [1.807, 2.05) is 42.6 Å². The Morgan fingerprint density at radius 1 is 1.21 bits per heavy atom. The second-order valence-corrected chi connectivity index (χ2v) is 7.40. The van der Waals surface area contributed by atoms with Gasteiger partial charge in [-0.1, -0.05) is 49.0 Å². The molecule has 0 saturated carbocycles. The van der Waals surface area contributed by atoms with Gasteiger partial charge in [-0.2, -0.15) is 0 Å². The van der Waals surface area contributed by atoms with Crippen LogP contribution in [0, 0.1) is 0 Å². The van der Waals surface area contributed by atoms with Crippen molar-refractivity contribution >= 4 is 40.0 Å². The lowest BCUT2D eigenvalue weighted by molar-refractivity contribution is -0.113. The molecule has 0 unspecified atom stereocenters. The Labute approximate surface area is 170 Å². The van der Waals surface area contributed by atoms with Gasteiger partial charge in [-0.15, -0.1) is 21.5 Å². The molecule has 0 bridgehead atoms. The maximum atomic E-state index is 12.5. The first kappa shape index (κ1) is 20.1. The van der Waals surface area contributed by atoms with Crippen molar-refractivity contribution in [3.8, 4) is 11.1 Å². The van der Waals surface area contributed by atoms with Gasteiger partial charge in [0.05, 0.1) is 12.4 Å². The van der Waals surface area contributed by atoms with E-state index in [4.69, 9.17) is 9.15 Å². The third-order valence-corrected chi connectivity index (χ3v) is 5.40. The quantitative estimate of drug-likeness (QED) is 0.432. The summed E-state index contributed by atoms with van der Waals surface area (Å²) in [7, 11) is 0. The number of carbonyl (C=O) groups excluding carboxylic acids is 2. The van der Waals surface area contributed by atoms with E-state index in [-0.39, 0.29) is 18.3 Å². The minimum Gasteiger partial charge on any atom is -0.462 e. The lowest BCUT2D eigenvalue weighted by atomic mass is 10.0. The number of carbonyl (C=O) groups is 2. The molecule has 0 saturated heterocycles. The Hall–Kier alpha value is -2.65. The maximum Gasteiger partial charge on any atom is 0.341 e. The number of nitrogens with one attached hydrogen (secondary N) is 1. The highest BCUT2D eigenvalue weighted by Crippen LogP contribution is 2.36. The number of amides is 1. The fourth-order valence-electron chi connectivity index (χ4n) is 2.42. The van der Waals surface area contributed by atoms with E-state index in [9.17, 15) is 9.59 Å². The molecule has 28 heavy (non-hydrogen) atoms. The predicted octanol–water partition coefficient (Wildman–Crippen LogP) is 4.27. The molecular formula is C19H19N3O4S2. The summed E-state index contributed by atoms with van der Waals surface area (Å²) in [5.41, 5.74) is 1.98. The molecule has 2 heterocycles. The van der Waals surface area contributed by atoms with E-state index in [0.717, 1.165) is 22.9 Å². The molecule has 146 valence electrons. The van der Waals surface area contributed by atoms with Crippen molar-refractivity contribution in [3.63, 3.8) is 0 Å². The molecule has 9 heteroatoms. The van der Waals surface area contributed by atoms with Crippen LogP contribution in [0.1, 0.15) is 30.1 Å². The molecule has 0 atom stereocenters. The molecule has 0 aliphatic heterocycles. The minimum atomic E-state index is -0.463. The van der Waals surface area contributed by atoms with Gasteiger partial charge < -0.3 is 14.5 Å². The van der Waals surface area contributed by atoms with Gasteiger partial charge in [-0.25, -0.2) is 4.79 Å². The van der Waals surface area contributed by atoms with Crippen molar-refractivity contribution in [1.82, 2.24) is 10.2 Å². The van der Waals surface area contributed by atoms with Crippen molar-refractivity contribution in [2.75, 3.05) is 17.7 Å². The second-order valence-electron chi connectivity index (χ2n) is 5.59. The largest absolute Gasteiger partial charge is 0.462 e. The number of rotatable bonds is 8. The molecule has 0 aliphatic carbocycles. The minimum absolute atomic E-state index is 0.0895. The van der Waals surface area contributed by atoms with E-state index in [1.165, 1.54) is 11.3 Å². The van der Waals surface area contributed by atoms with Gasteiger partial charge in [0.25, 0.3) is 5.22 Å². The number of thioether (sulfide) groups is 1. The molecule has 3 rings (SSSR count). The predicted molar refractivity (Wildman–Crippen MR) is 109 cm³/mol. The van der Waals surface area contributed by atoms with Crippen LogP contribution in [0.15, 0.2) is 45.4 Å². The number of esters is 1. The number of aromatic nitrogens is 2. The van der Waals surface area contributed by atoms with Crippen molar-refractivity contribution < 1.29 is 18.7 Å². The smallest absolute Gasteiger partial charge is 0.341 e. The summed E-state index contributed by atoms with van der Waals surface area (Å²) in [4.78, 5) is 24.9. The standard InChI is InChI=1S/C19H19N3O4S2/c1-3-15-21-22-19(26-15)28-11-14(23)20-17-16(18(24)25-4-2)13(10-27-17)12-8-6-5-7-9-12/h5-10H,3-4,11H2,1-2H3,(H,20,23). The number of aryl methyl sites for hydroxylation is 1. The first-order valence-electron chi connectivity index (χ1n) is 8.71. The van der Waals surface area contributed by atoms with Gasteiger partial charge in [-0.05, 0) is 12.5 Å². The number of hydrogen-bond donors (Lipinski definition) is 1. The SMILES string of the molecule is CCOC(=O)c1c(-c2ccccc2)csc1NC(=O)CSc1nnc(CC)o1. The molecular weight excluding hydrogens is 398 g/mol. The van der Waals surface area contributed by atoms with Gasteiger partial charge in [0.1, 0.15) is 10.6 Å². The van der Waals surface area contributed by atoms with Crippen molar-refractivity contribution in [3.05, 3.63) is 47.2 Å². The third-order valence-electron chi connectivity index (χ3n) is 3.69. The van der Waals surface area contributed by atoms with Gasteiger partial charge in [0.15, 0.2) is 0 Å². The highest BCUT2D eigenvalue weighted by molar-refractivity contribution is 7.99. The summed E-state index contributed by atoms with van der Waals surface area (Å²) in [5, 5.41) is 13.2. The zero-order chi connectivity index (χ0) is 19.9. The normalized spacial score (nSPS) is 10.6. The Morgan fingerprint density at radius 2 is 2.00 bits per heavy atom. The molecule has 1 N–H and O–H groups in total. The van der Waals surface area contributed by atoms with Crippen LogP contribution in [0.3, 0.4) is 0 Å². The van der Waals surface area contributed by atoms with Crippen LogP contribution in [0.5, 0.6) is 0 Å². The van der Waals surface area contributed by atoms with Crippen molar-refractivity contribution in [2.45, 2.75) is 25.5 Å². The summed E-state index contributed by atoms with van der Waals surface area (Å²) in [5.74, 6) is -0.117. The summed E-state index contributed by atoms with van der Waals surface area (Å²) in [6.07, 6.45) is 0.639. The van der Waals surface area contributed by atoms with E-state index < -0.39 is 5.97 Å². The fraction of sp³-hybridized carbons (Fsp3) is 0.263. The molecule has 1 amide bonds. The fourth-order valence-corrected chi connectivity index (χ4v) is 3.97. The van der Waals surface area contributed by atoms with Gasteiger partial charge in [0.2, 0.25) is 11.8 Å². The molecule has 3 aromatic rings. The highest BCUT2D eigenvalue weighted by Gasteiger charge is 2.23. The van der Waals surface area contributed by atoms with Crippen molar-refractivity contribution in [2.24, 2.45) is 0 Å². The van der Waals surface area contributed by atoms with Crippen LogP contribution in [-0.2, 0) is 16.0 Å². The number of hydrogen-bond acceptors (Lipinski definition) is 8. The van der Waals surface area contributed by atoms with E-state index >= 15 is 0 Å².